The Bertz CT molecular complexity index is 1010. The van der Waals surface area contributed by atoms with Gasteiger partial charge in [0.1, 0.15) is 25.6 Å². The zero-order valence-corrected chi connectivity index (χ0v) is 18.9. The van der Waals surface area contributed by atoms with E-state index in [4.69, 9.17) is 0 Å². The number of nitrogens with one attached hydrogen (secondary N) is 1. The van der Waals surface area contributed by atoms with Gasteiger partial charge in [-0.25, -0.2) is 9.18 Å². The summed E-state index contributed by atoms with van der Waals surface area (Å²) in [5.41, 5.74) is 3.26. The van der Waals surface area contributed by atoms with E-state index in [9.17, 15) is 18.8 Å². The van der Waals surface area contributed by atoms with Crippen molar-refractivity contribution < 1.29 is 18.8 Å². The number of carbonyl (C=O) groups excluding carboxylic acids is 3. The number of urea groups is 1. The molecule has 8 heteroatoms. The van der Waals surface area contributed by atoms with Crippen LogP contribution in [-0.4, -0.2) is 53.9 Å². The average Bonchev–Trinajstić information content (AvgIpc) is 3.13. The van der Waals surface area contributed by atoms with E-state index < -0.39 is 5.82 Å². The van der Waals surface area contributed by atoms with Crippen molar-refractivity contribution in [2.45, 2.75) is 27.7 Å². The first kappa shape index (κ1) is 23.2. The van der Waals surface area contributed by atoms with Gasteiger partial charge in [-0.05, 0) is 61.2 Å². The lowest BCUT2D eigenvalue weighted by atomic mass is 10.1. The van der Waals surface area contributed by atoms with Crippen LogP contribution in [0, 0.1) is 25.6 Å². The van der Waals surface area contributed by atoms with Gasteiger partial charge in [-0.3, -0.25) is 14.5 Å². The first-order chi connectivity index (χ1) is 15.2. The maximum absolute atomic E-state index is 13.2. The van der Waals surface area contributed by atoms with E-state index in [1.165, 1.54) is 39.0 Å². The number of hydrogen-bond acceptors (Lipinski definition) is 3. The molecule has 1 N–H and O–H groups in total. The molecule has 2 aromatic rings. The lowest BCUT2D eigenvalue weighted by Crippen LogP contribution is -2.45. The van der Waals surface area contributed by atoms with Gasteiger partial charge in [0.2, 0.25) is 11.8 Å². The summed E-state index contributed by atoms with van der Waals surface area (Å²) in [7, 11) is 0. The van der Waals surface area contributed by atoms with E-state index in [0.717, 1.165) is 11.1 Å². The molecular weight excluding hydrogens is 411 g/mol. The van der Waals surface area contributed by atoms with Crippen molar-refractivity contribution in [1.82, 2.24) is 9.80 Å². The highest BCUT2D eigenvalue weighted by Crippen LogP contribution is 2.21. The van der Waals surface area contributed by atoms with Gasteiger partial charge in [-0.1, -0.05) is 26.0 Å². The number of aryl methyl sites for hydroxylation is 1. The standard InChI is InChI=1S/C24H29FN4O3/c1-16(2)12-27(24(32)26-21-7-5-6-17(3)18(21)4)13-22(30)28-14-23(31)29(15-28)20-10-8-19(25)9-11-20/h5-11,16H,12-15H2,1-4H3,(H,26,32). The molecule has 3 rings (SSSR count). The van der Waals surface area contributed by atoms with Gasteiger partial charge < -0.3 is 15.1 Å². The predicted molar refractivity (Wildman–Crippen MR) is 122 cm³/mol. The summed E-state index contributed by atoms with van der Waals surface area (Å²) in [4.78, 5) is 42.7. The van der Waals surface area contributed by atoms with Gasteiger partial charge in [0, 0.05) is 17.9 Å². The fraction of sp³-hybridized carbons (Fsp3) is 0.375. The topological polar surface area (TPSA) is 73.0 Å². The van der Waals surface area contributed by atoms with E-state index >= 15 is 0 Å². The molecular formula is C24H29FN4O3. The molecule has 7 nitrogen and oxygen atoms in total. The zero-order chi connectivity index (χ0) is 23.4. The minimum absolute atomic E-state index is 0.0669. The summed E-state index contributed by atoms with van der Waals surface area (Å²) < 4.78 is 13.2. The van der Waals surface area contributed by atoms with E-state index in [1.54, 1.807) is 0 Å². The molecule has 0 aromatic heterocycles. The molecule has 1 aliphatic heterocycles. The Morgan fingerprint density at radius 1 is 1.12 bits per heavy atom. The Balaban J connectivity index is 1.69. The molecule has 1 heterocycles. The van der Waals surface area contributed by atoms with Crippen LogP contribution in [0.2, 0.25) is 0 Å². The summed E-state index contributed by atoms with van der Waals surface area (Å²) in [6.07, 6.45) is 0. The monoisotopic (exact) mass is 440 g/mol. The highest BCUT2D eigenvalue weighted by Gasteiger charge is 2.33. The molecule has 1 aliphatic rings. The summed E-state index contributed by atoms with van der Waals surface area (Å²) in [6.45, 7) is 8.09. The maximum atomic E-state index is 13.2. The fourth-order valence-electron chi connectivity index (χ4n) is 3.57. The van der Waals surface area contributed by atoms with Crippen LogP contribution in [0.3, 0.4) is 0 Å². The minimum atomic E-state index is -0.396. The molecule has 170 valence electrons. The van der Waals surface area contributed by atoms with Gasteiger partial charge in [-0.15, -0.1) is 0 Å². The van der Waals surface area contributed by atoms with E-state index in [2.05, 4.69) is 5.32 Å². The SMILES string of the molecule is Cc1cccc(NC(=O)N(CC(=O)N2CC(=O)N(c3ccc(F)cc3)C2)CC(C)C)c1C. The number of halogens is 1. The normalized spacial score (nSPS) is 13.6. The van der Waals surface area contributed by atoms with Crippen molar-refractivity contribution in [2.24, 2.45) is 5.92 Å². The summed E-state index contributed by atoms with van der Waals surface area (Å²) in [6, 6.07) is 10.9. The van der Waals surface area contributed by atoms with Crippen molar-refractivity contribution >= 4 is 29.2 Å². The second kappa shape index (κ2) is 9.80. The van der Waals surface area contributed by atoms with Gasteiger partial charge >= 0.3 is 6.03 Å². The van der Waals surface area contributed by atoms with Crippen LogP contribution in [0.25, 0.3) is 0 Å². The van der Waals surface area contributed by atoms with Gasteiger partial charge in [-0.2, -0.15) is 0 Å². The number of anilines is 2. The Labute approximate surface area is 187 Å². The van der Waals surface area contributed by atoms with Gasteiger partial charge in [0.05, 0.1) is 0 Å². The molecule has 0 bridgehead atoms. The quantitative estimate of drug-likeness (QED) is 0.743. The molecule has 4 amide bonds. The molecule has 1 saturated heterocycles. The molecule has 0 radical (unpaired) electrons. The van der Waals surface area contributed by atoms with E-state index in [-0.39, 0.29) is 43.5 Å². The average molecular weight is 441 g/mol. The smallest absolute Gasteiger partial charge is 0.315 e. The fourth-order valence-corrected chi connectivity index (χ4v) is 3.57. The van der Waals surface area contributed by atoms with Crippen LogP contribution in [0.4, 0.5) is 20.6 Å². The van der Waals surface area contributed by atoms with Gasteiger partial charge in [0.15, 0.2) is 0 Å². The molecule has 32 heavy (non-hydrogen) atoms. The predicted octanol–water partition coefficient (Wildman–Crippen LogP) is 3.77. The first-order valence-electron chi connectivity index (χ1n) is 10.6. The third-order valence-electron chi connectivity index (χ3n) is 5.48. The second-order valence-corrected chi connectivity index (χ2v) is 8.48. The molecule has 2 aromatic carbocycles. The number of benzene rings is 2. The highest BCUT2D eigenvalue weighted by atomic mass is 19.1. The Morgan fingerprint density at radius 3 is 2.47 bits per heavy atom. The van der Waals surface area contributed by atoms with Crippen LogP contribution in [0.5, 0.6) is 0 Å². The van der Waals surface area contributed by atoms with Crippen LogP contribution < -0.4 is 10.2 Å². The molecule has 0 atom stereocenters. The number of rotatable bonds is 6. The Hall–Kier alpha value is -3.42. The highest BCUT2D eigenvalue weighted by molar-refractivity contribution is 6.01. The third kappa shape index (κ3) is 5.43. The minimum Gasteiger partial charge on any atom is -0.315 e. The molecule has 0 spiro atoms. The van der Waals surface area contributed by atoms with E-state index in [0.29, 0.717) is 17.9 Å². The van der Waals surface area contributed by atoms with Crippen LogP contribution in [-0.2, 0) is 9.59 Å². The number of nitrogens with zero attached hydrogens (tertiary/aromatic N) is 3. The van der Waals surface area contributed by atoms with Crippen LogP contribution >= 0.6 is 0 Å². The van der Waals surface area contributed by atoms with Crippen molar-refractivity contribution in [3.63, 3.8) is 0 Å². The molecule has 0 aliphatic carbocycles. The van der Waals surface area contributed by atoms with Crippen molar-refractivity contribution in [2.75, 3.05) is 36.5 Å². The summed E-state index contributed by atoms with van der Waals surface area (Å²) >= 11 is 0. The molecule has 0 unspecified atom stereocenters. The summed E-state index contributed by atoms with van der Waals surface area (Å²) in [5, 5.41) is 2.90. The number of amides is 4. The largest absolute Gasteiger partial charge is 0.322 e. The van der Waals surface area contributed by atoms with Crippen molar-refractivity contribution in [3.8, 4) is 0 Å². The lowest BCUT2D eigenvalue weighted by Gasteiger charge is -2.27. The zero-order valence-electron chi connectivity index (χ0n) is 18.9. The third-order valence-corrected chi connectivity index (χ3v) is 5.48. The number of carbonyl (C=O) groups is 3. The van der Waals surface area contributed by atoms with Crippen molar-refractivity contribution in [3.05, 3.63) is 59.4 Å². The first-order valence-corrected chi connectivity index (χ1v) is 10.6. The number of hydrogen-bond donors (Lipinski definition) is 1. The molecule has 0 saturated carbocycles. The lowest BCUT2D eigenvalue weighted by molar-refractivity contribution is -0.132. The van der Waals surface area contributed by atoms with Crippen molar-refractivity contribution in [1.29, 1.82) is 0 Å². The van der Waals surface area contributed by atoms with Crippen LogP contribution in [0.1, 0.15) is 25.0 Å². The Morgan fingerprint density at radius 2 is 1.81 bits per heavy atom. The summed E-state index contributed by atoms with van der Waals surface area (Å²) in [5.74, 6) is -0.810. The molecule has 1 fully saturated rings. The van der Waals surface area contributed by atoms with E-state index in [1.807, 2.05) is 45.9 Å². The Kier molecular flexibility index (Phi) is 7.12. The maximum Gasteiger partial charge on any atom is 0.322 e. The van der Waals surface area contributed by atoms with Gasteiger partial charge in [0.25, 0.3) is 0 Å². The second-order valence-electron chi connectivity index (χ2n) is 8.48. The van der Waals surface area contributed by atoms with Crippen LogP contribution in [0.15, 0.2) is 42.5 Å².